The predicted octanol–water partition coefficient (Wildman–Crippen LogP) is 2.72. The molecule has 1 atom stereocenters. The first-order valence-corrected chi connectivity index (χ1v) is 10.1. The Balaban J connectivity index is 1.72. The van der Waals surface area contributed by atoms with Crippen molar-refractivity contribution < 1.29 is 8.42 Å². The Kier molecular flexibility index (Phi) is 4.05. The molecule has 1 aliphatic heterocycles. The summed E-state index contributed by atoms with van der Waals surface area (Å²) < 4.78 is 24.9. The van der Waals surface area contributed by atoms with Crippen LogP contribution in [-0.4, -0.2) is 45.7 Å². The maximum Gasteiger partial charge on any atom is 0.168 e. The highest BCUT2D eigenvalue weighted by atomic mass is 35.5. The molecule has 0 bridgehead atoms. The molecule has 0 aliphatic carbocycles. The standard InChI is InChI=1S/C15H13Cl2N5O2S/c16-12-2-1-10(5-13(12)17)22-15-11(6-20-22)14(18-8-19-15)21-9-3-4-25(23,24)7-9/h1-2,5-6,8-9H,3-4,7H2,(H,18,19,21). The molecule has 0 radical (unpaired) electrons. The van der Waals surface area contributed by atoms with Crippen LogP contribution < -0.4 is 5.32 Å². The van der Waals surface area contributed by atoms with Crippen molar-refractivity contribution in [2.24, 2.45) is 0 Å². The zero-order chi connectivity index (χ0) is 17.6. The third-order valence-corrected chi connectivity index (χ3v) is 6.59. The summed E-state index contributed by atoms with van der Waals surface area (Å²) in [4.78, 5) is 8.53. The van der Waals surface area contributed by atoms with E-state index >= 15 is 0 Å². The summed E-state index contributed by atoms with van der Waals surface area (Å²) in [5.74, 6) is 0.874. The van der Waals surface area contributed by atoms with E-state index in [2.05, 4.69) is 20.4 Å². The fraction of sp³-hybridized carbons (Fsp3) is 0.267. The highest BCUT2D eigenvalue weighted by Gasteiger charge is 2.28. The third-order valence-electron chi connectivity index (χ3n) is 4.09. The number of hydrogen-bond acceptors (Lipinski definition) is 6. The highest BCUT2D eigenvalue weighted by Crippen LogP contribution is 2.28. The molecule has 10 heteroatoms. The van der Waals surface area contributed by atoms with Crippen molar-refractivity contribution in [2.75, 3.05) is 16.8 Å². The monoisotopic (exact) mass is 397 g/mol. The van der Waals surface area contributed by atoms with E-state index in [0.717, 1.165) is 5.69 Å². The van der Waals surface area contributed by atoms with Gasteiger partial charge in [0.05, 0.1) is 38.8 Å². The maximum absolute atomic E-state index is 11.6. The van der Waals surface area contributed by atoms with Gasteiger partial charge < -0.3 is 5.32 Å². The first-order valence-electron chi connectivity index (χ1n) is 7.54. The predicted molar refractivity (Wildman–Crippen MR) is 97.4 cm³/mol. The molecule has 130 valence electrons. The number of nitrogens with zero attached hydrogens (tertiary/aromatic N) is 4. The summed E-state index contributed by atoms with van der Waals surface area (Å²) in [6.07, 6.45) is 3.63. The molecule has 2 aromatic heterocycles. The lowest BCUT2D eigenvalue weighted by Gasteiger charge is -2.12. The van der Waals surface area contributed by atoms with Crippen LogP contribution in [0.25, 0.3) is 16.7 Å². The van der Waals surface area contributed by atoms with Gasteiger partial charge in [0.2, 0.25) is 0 Å². The average molecular weight is 398 g/mol. The molecular formula is C15H13Cl2N5O2S. The van der Waals surface area contributed by atoms with E-state index in [-0.39, 0.29) is 17.5 Å². The van der Waals surface area contributed by atoms with E-state index in [0.29, 0.717) is 33.3 Å². The minimum absolute atomic E-state index is 0.111. The van der Waals surface area contributed by atoms with Gasteiger partial charge in [-0.3, -0.25) is 0 Å². The van der Waals surface area contributed by atoms with Gasteiger partial charge in [-0.15, -0.1) is 0 Å². The summed E-state index contributed by atoms with van der Waals surface area (Å²) in [6.45, 7) is 0. The van der Waals surface area contributed by atoms with Crippen molar-refractivity contribution in [3.63, 3.8) is 0 Å². The zero-order valence-corrected chi connectivity index (χ0v) is 15.2. The van der Waals surface area contributed by atoms with Crippen LogP contribution in [0.5, 0.6) is 0 Å². The molecule has 7 nitrogen and oxygen atoms in total. The number of sulfone groups is 1. The van der Waals surface area contributed by atoms with E-state index in [4.69, 9.17) is 23.2 Å². The van der Waals surface area contributed by atoms with Crippen molar-refractivity contribution in [1.29, 1.82) is 0 Å². The van der Waals surface area contributed by atoms with Crippen LogP contribution in [0, 0.1) is 0 Å². The molecule has 4 rings (SSSR count). The number of hydrogen-bond donors (Lipinski definition) is 1. The molecular weight excluding hydrogens is 385 g/mol. The van der Waals surface area contributed by atoms with Crippen molar-refractivity contribution in [3.05, 3.63) is 40.8 Å². The average Bonchev–Trinajstić information content (AvgIpc) is 3.14. The topological polar surface area (TPSA) is 89.8 Å². The minimum Gasteiger partial charge on any atom is -0.366 e. The van der Waals surface area contributed by atoms with Gasteiger partial charge in [-0.2, -0.15) is 5.10 Å². The van der Waals surface area contributed by atoms with Crippen LogP contribution in [0.3, 0.4) is 0 Å². The van der Waals surface area contributed by atoms with Crippen molar-refractivity contribution >= 4 is 49.9 Å². The summed E-state index contributed by atoms with van der Waals surface area (Å²) in [5, 5.41) is 9.14. The first kappa shape index (κ1) is 16.6. The smallest absolute Gasteiger partial charge is 0.168 e. The number of aromatic nitrogens is 4. The largest absolute Gasteiger partial charge is 0.366 e. The first-order chi connectivity index (χ1) is 11.9. The van der Waals surface area contributed by atoms with Crippen molar-refractivity contribution in [3.8, 4) is 5.69 Å². The van der Waals surface area contributed by atoms with Crippen molar-refractivity contribution in [2.45, 2.75) is 12.5 Å². The van der Waals surface area contributed by atoms with Gasteiger partial charge in [-0.05, 0) is 24.6 Å². The Morgan fingerprint density at radius 2 is 2.04 bits per heavy atom. The molecule has 3 aromatic rings. The fourth-order valence-corrected chi connectivity index (χ4v) is 4.83. The Hall–Kier alpha value is -1.90. The van der Waals surface area contributed by atoms with Gasteiger partial charge >= 0.3 is 0 Å². The van der Waals surface area contributed by atoms with Gasteiger partial charge in [0.1, 0.15) is 12.1 Å². The third kappa shape index (κ3) is 3.17. The molecule has 0 saturated carbocycles. The molecule has 25 heavy (non-hydrogen) atoms. The van der Waals surface area contributed by atoms with E-state index in [1.807, 2.05) is 0 Å². The number of anilines is 1. The SMILES string of the molecule is O=S1(=O)CCC(Nc2ncnc3c2cnn3-c2ccc(Cl)c(Cl)c2)C1. The fourth-order valence-electron chi connectivity index (χ4n) is 2.87. The number of benzene rings is 1. The Bertz CT molecular complexity index is 1070. The molecule has 1 unspecified atom stereocenters. The lowest BCUT2D eigenvalue weighted by molar-refractivity contribution is 0.602. The Morgan fingerprint density at radius 1 is 1.20 bits per heavy atom. The van der Waals surface area contributed by atoms with Gasteiger partial charge in [0, 0.05) is 6.04 Å². The van der Waals surface area contributed by atoms with E-state index in [1.165, 1.54) is 6.33 Å². The molecule has 1 N–H and O–H groups in total. The van der Waals surface area contributed by atoms with Gasteiger partial charge in [-0.1, -0.05) is 23.2 Å². The summed E-state index contributed by atoms with van der Waals surface area (Å²) >= 11 is 12.0. The van der Waals surface area contributed by atoms with Crippen LogP contribution in [0.15, 0.2) is 30.7 Å². The van der Waals surface area contributed by atoms with E-state index < -0.39 is 9.84 Å². The molecule has 1 saturated heterocycles. The lowest BCUT2D eigenvalue weighted by atomic mass is 10.2. The van der Waals surface area contributed by atoms with E-state index in [1.54, 1.807) is 29.1 Å². The molecule has 0 spiro atoms. The highest BCUT2D eigenvalue weighted by molar-refractivity contribution is 7.91. The zero-order valence-electron chi connectivity index (χ0n) is 12.9. The molecule has 1 aromatic carbocycles. The molecule has 1 aliphatic rings. The minimum atomic E-state index is -2.97. The van der Waals surface area contributed by atoms with Crippen LogP contribution in [0.4, 0.5) is 5.82 Å². The second-order valence-electron chi connectivity index (χ2n) is 5.86. The van der Waals surface area contributed by atoms with Crippen molar-refractivity contribution in [1.82, 2.24) is 19.7 Å². The number of fused-ring (bicyclic) bond motifs is 1. The number of halogens is 2. The molecule has 0 amide bonds. The Labute approximate surface area is 153 Å². The summed E-state index contributed by atoms with van der Waals surface area (Å²) in [5.41, 5.74) is 1.31. The second kappa shape index (κ2) is 6.12. The number of nitrogens with one attached hydrogen (secondary N) is 1. The molecule has 1 fully saturated rings. The normalized spacial score (nSPS) is 19.4. The summed E-state index contributed by atoms with van der Waals surface area (Å²) in [6, 6.07) is 5.03. The van der Waals surface area contributed by atoms with Gasteiger partial charge in [0.15, 0.2) is 15.5 Å². The lowest BCUT2D eigenvalue weighted by Crippen LogP contribution is -2.21. The van der Waals surface area contributed by atoms with E-state index in [9.17, 15) is 8.42 Å². The van der Waals surface area contributed by atoms with Crippen LogP contribution in [-0.2, 0) is 9.84 Å². The number of rotatable bonds is 3. The summed E-state index contributed by atoms with van der Waals surface area (Å²) in [7, 11) is -2.97. The van der Waals surface area contributed by atoms with Crippen LogP contribution >= 0.6 is 23.2 Å². The van der Waals surface area contributed by atoms with Crippen LogP contribution in [0.1, 0.15) is 6.42 Å². The Morgan fingerprint density at radius 3 is 2.76 bits per heavy atom. The van der Waals surface area contributed by atoms with Gasteiger partial charge in [0.25, 0.3) is 0 Å². The maximum atomic E-state index is 11.6. The molecule has 3 heterocycles. The second-order valence-corrected chi connectivity index (χ2v) is 8.90. The quantitative estimate of drug-likeness (QED) is 0.730. The van der Waals surface area contributed by atoms with Crippen LogP contribution in [0.2, 0.25) is 10.0 Å². The van der Waals surface area contributed by atoms with Gasteiger partial charge in [-0.25, -0.2) is 23.1 Å².